The number of nitrogens with one attached hydrogen (secondary N) is 1. The Balaban J connectivity index is 2.70. The SMILES string of the molecule is CCC1CCC(C)N1C(=O)N[C@@H](CC(=O)OC)C(=O)O. The molecule has 3 atom stereocenters. The number of carbonyl (C=O) groups is 3. The molecule has 1 saturated heterocycles. The summed E-state index contributed by atoms with van der Waals surface area (Å²) in [6.07, 6.45) is 2.27. The van der Waals surface area contributed by atoms with Crippen LogP contribution in [0.1, 0.15) is 39.5 Å². The van der Waals surface area contributed by atoms with Gasteiger partial charge in [0.25, 0.3) is 0 Å². The lowest BCUT2D eigenvalue weighted by atomic mass is 10.1. The Morgan fingerprint density at radius 2 is 2.05 bits per heavy atom. The number of amides is 2. The lowest BCUT2D eigenvalue weighted by molar-refractivity contribution is -0.147. The van der Waals surface area contributed by atoms with Crippen LogP contribution in [0.2, 0.25) is 0 Å². The first kappa shape index (κ1) is 16.3. The van der Waals surface area contributed by atoms with Gasteiger partial charge in [-0.2, -0.15) is 0 Å². The average Bonchev–Trinajstić information content (AvgIpc) is 2.78. The fourth-order valence-electron chi connectivity index (χ4n) is 2.51. The number of carboxylic acid groups (broad SMARTS) is 1. The number of esters is 1. The molecule has 0 aromatic rings. The quantitative estimate of drug-likeness (QED) is 0.734. The van der Waals surface area contributed by atoms with Crippen molar-refractivity contribution >= 4 is 18.0 Å². The number of rotatable bonds is 5. The summed E-state index contributed by atoms with van der Waals surface area (Å²) in [4.78, 5) is 36.1. The third-order valence-corrected chi connectivity index (χ3v) is 3.69. The molecule has 20 heavy (non-hydrogen) atoms. The van der Waals surface area contributed by atoms with E-state index in [0.29, 0.717) is 0 Å². The Kier molecular flexibility index (Phi) is 5.79. The van der Waals surface area contributed by atoms with Gasteiger partial charge >= 0.3 is 18.0 Å². The first-order chi connectivity index (χ1) is 9.40. The fraction of sp³-hybridized carbons (Fsp3) is 0.769. The van der Waals surface area contributed by atoms with Crippen molar-refractivity contribution < 1.29 is 24.2 Å². The van der Waals surface area contributed by atoms with Gasteiger partial charge in [-0.25, -0.2) is 9.59 Å². The molecule has 0 aromatic carbocycles. The smallest absolute Gasteiger partial charge is 0.326 e. The van der Waals surface area contributed by atoms with Gasteiger partial charge in [-0.05, 0) is 26.2 Å². The monoisotopic (exact) mass is 286 g/mol. The number of carboxylic acids is 1. The number of ether oxygens (including phenoxy) is 1. The van der Waals surface area contributed by atoms with E-state index in [2.05, 4.69) is 10.1 Å². The van der Waals surface area contributed by atoms with Crippen LogP contribution in [0, 0.1) is 0 Å². The predicted octanol–water partition coefficient (Wildman–Crippen LogP) is 0.975. The van der Waals surface area contributed by atoms with Gasteiger partial charge in [0.2, 0.25) is 0 Å². The standard InChI is InChI=1S/C13H22N2O5/c1-4-9-6-5-8(2)15(9)13(19)14-10(12(17)18)7-11(16)20-3/h8-10H,4-7H2,1-3H3,(H,14,19)(H,17,18)/t8?,9?,10-/m0/s1. The zero-order valence-electron chi connectivity index (χ0n) is 12.1. The zero-order chi connectivity index (χ0) is 15.3. The second-order valence-corrected chi connectivity index (χ2v) is 5.02. The van der Waals surface area contributed by atoms with Crippen molar-refractivity contribution in [2.45, 2.75) is 57.7 Å². The highest BCUT2D eigenvalue weighted by molar-refractivity contribution is 5.86. The van der Waals surface area contributed by atoms with E-state index in [1.165, 1.54) is 7.11 Å². The van der Waals surface area contributed by atoms with Crippen molar-refractivity contribution in [3.8, 4) is 0 Å². The largest absolute Gasteiger partial charge is 0.480 e. The zero-order valence-corrected chi connectivity index (χ0v) is 12.1. The van der Waals surface area contributed by atoms with Crippen LogP contribution in [0.4, 0.5) is 4.79 Å². The summed E-state index contributed by atoms with van der Waals surface area (Å²) in [5.74, 6) is -1.91. The normalized spacial score (nSPS) is 23.2. The van der Waals surface area contributed by atoms with Gasteiger partial charge in [0.1, 0.15) is 6.04 Å². The van der Waals surface area contributed by atoms with Crippen molar-refractivity contribution in [3.05, 3.63) is 0 Å². The summed E-state index contributed by atoms with van der Waals surface area (Å²) in [5, 5.41) is 11.5. The number of carbonyl (C=O) groups excluding carboxylic acids is 2. The molecule has 1 aliphatic rings. The van der Waals surface area contributed by atoms with Crippen LogP contribution in [0.3, 0.4) is 0 Å². The third kappa shape index (κ3) is 3.85. The molecular formula is C13H22N2O5. The Morgan fingerprint density at radius 1 is 1.40 bits per heavy atom. The second-order valence-electron chi connectivity index (χ2n) is 5.02. The van der Waals surface area contributed by atoms with Gasteiger partial charge in [0.15, 0.2) is 0 Å². The molecule has 7 nitrogen and oxygen atoms in total. The van der Waals surface area contributed by atoms with Crippen LogP contribution in [0.5, 0.6) is 0 Å². The number of likely N-dealkylation sites (tertiary alicyclic amines) is 1. The average molecular weight is 286 g/mol. The van der Waals surface area contributed by atoms with Gasteiger partial charge in [-0.1, -0.05) is 6.92 Å². The highest BCUT2D eigenvalue weighted by Crippen LogP contribution is 2.25. The maximum Gasteiger partial charge on any atom is 0.326 e. The van der Waals surface area contributed by atoms with Crippen molar-refractivity contribution in [2.24, 2.45) is 0 Å². The minimum atomic E-state index is -1.26. The van der Waals surface area contributed by atoms with Crippen molar-refractivity contribution in [1.29, 1.82) is 0 Å². The van der Waals surface area contributed by atoms with Gasteiger partial charge in [0.05, 0.1) is 13.5 Å². The highest BCUT2D eigenvalue weighted by Gasteiger charge is 2.35. The van der Waals surface area contributed by atoms with Crippen LogP contribution in [-0.4, -0.2) is 53.2 Å². The van der Waals surface area contributed by atoms with Gasteiger partial charge in [0, 0.05) is 12.1 Å². The van der Waals surface area contributed by atoms with Crippen molar-refractivity contribution in [2.75, 3.05) is 7.11 Å². The summed E-state index contributed by atoms with van der Waals surface area (Å²) in [5.41, 5.74) is 0. The summed E-state index contributed by atoms with van der Waals surface area (Å²) in [6.45, 7) is 3.93. The van der Waals surface area contributed by atoms with Gasteiger partial charge in [-0.15, -0.1) is 0 Å². The molecular weight excluding hydrogens is 264 g/mol. The lowest BCUT2D eigenvalue weighted by Crippen LogP contribution is -2.52. The summed E-state index contributed by atoms with van der Waals surface area (Å²) in [7, 11) is 1.18. The van der Waals surface area contributed by atoms with Gasteiger partial charge < -0.3 is 20.1 Å². The topological polar surface area (TPSA) is 95.9 Å². The number of methoxy groups -OCH3 is 1. The van der Waals surface area contributed by atoms with E-state index in [1.54, 1.807) is 4.90 Å². The first-order valence-electron chi connectivity index (χ1n) is 6.79. The predicted molar refractivity (Wildman–Crippen MR) is 71.2 cm³/mol. The second kappa shape index (κ2) is 7.12. The minimum Gasteiger partial charge on any atom is -0.480 e. The number of hydrogen-bond acceptors (Lipinski definition) is 4. The van der Waals surface area contributed by atoms with E-state index in [9.17, 15) is 14.4 Å². The Labute approximate surface area is 118 Å². The van der Waals surface area contributed by atoms with E-state index < -0.39 is 24.0 Å². The van der Waals surface area contributed by atoms with E-state index >= 15 is 0 Å². The maximum absolute atomic E-state index is 12.2. The number of nitrogens with zero attached hydrogens (tertiary/aromatic N) is 1. The molecule has 2 unspecified atom stereocenters. The van der Waals surface area contributed by atoms with Gasteiger partial charge in [-0.3, -0.25) is 4.79 Å². The number of hydrogen-bond donors (Lipinski definition) is 2. The minimum absolute atomic E-state index is 0.0764. The molecule has 0 spiro atoms. The molecule has 0 saturated carbocycles. The van der Waals surface area contributed by atoms with E-state index in [4.69, 9.17) is 5.11 Å². The molecule has 2 amide bonds. The molecule has 0 aliphatic carbocycles. The summed E-state index contributed by atoms with van der Waals surface area (Å²) >= 11 is 0. The molecule has 114 valence electrons. The Morgan fingerprint density at radius 3 is 2.55 bits per heavy atom. The Hall–Kier alpha value is -1.79. The fourth-order valence-corrected chi connectivity index (χ4v) is 2.51. The van der Waals surface area contributed by atoms with Crippen LogP contribution in [0.25, 0.3) is 0 Å². The summed E-state index contributed by atoms with van der Waals surface area (Å²) in [6, 6.07) is -1.50. The molecule has 2 N–H and O–H groups in total. The van der Waals surface area contributed by atoms with Crippen molar-refractivity contribution in [1.82, 2.24) is 10.2 Å². The highest BCUT2D eigenvalue weighted by atomic mass is 16.5. The van der Waals surface area contributed by atoms with E-state index in [-0.39, 0.29) is 18.5 Å². The molecule has 7 heteroatoms. The third-order valence-electron chi connectivity index (χ3n) is 3.69. The summed E-state index contributed by atoms with van der Waals surface area (Å²) < 4.78 is 4.43. The maximum atomic E-state index is 12.2. The molecule has 0 aromatic heterocycles. The van der Waals surface area contributed by atoms with Crippen molar-refractivity contribution in [3.63, 3.8) is 0 Å². The molecule has 1 heterocycles. The lowest BCUT2D eigenvalue weighted by Gasteiger charge is -2.29. The number of aliphatic carboxylic acids is 1. The molecule has 0 bridgehead atoms. The van der Waals surface area contributed by atoms with Crippen LogP contribution >= 0.6 is 0 Å². The Bertz CT molecular complexity index is 385. The molecule has 1 rings (SSSR count). The molecule has 1 fully saturated rings. The van der Waals surface area contributed by atoms with Crippen LogP contribution in [0.15, 0.2) is 0 Å². The molecule has 0 radical (unpaired) electrons. The van der Waals surface area contributed by atoms with E-state index in [1.807, 2.05) is 13.8 Å². The first-order valence-corrected chi connectivity index (χ1v) is 6.79. The van der Waals surface area contributed by atoms with E-state index in [0.717, 1.165) is 19.3 Å². The van der Waals surface area contributed by atoms with Crippen LogP contribution < -0.4 is 5.32 Å². The molecule has 1 aliphatic heterocycles. The number of urea groups is 1. The van der Waals surface area contributed by atoms with Crippen LogP contribution in [-0.2, 0) is 14.3 Å².